The molecule has 0 atom stereocenters. The number of hydrogen-bond acceptors (Lipinski definition) is 2. The maximum atomic E-state index is 11.9. The van der Waals surface area contributed by atoms with Gasteiger partial charge in [-0.05, 0) is 11.8 Å². The molecule has 0 unspecified atom stereocenters. The topological polar surface area (TPSA) is 23.6 Å². The third-order valence-electron chi connectivity index (χ3n) is 1.75. The van der Waals surface area contributed by atoms with E-state index in [2.05, 4.69) is 0 Å². The summed E-state index contributed by atoms with van der Waals surface area (Å²) in [5.74, 6) is -1.78. The van der Waals surface area contributed by atoms with Gasteiger partial charge >= 0.3 is 12.1 Å². The molecule has 0 bridgehead atoms. The standard InChI is InChI=1S/C6H8ClF3N2O/c7-12-3-1-11(2-4-12)5(13)6(8,9)10/h1-4H2. The van der Waals surface area contributed by atoms with Crippen LogP contribution in [-0.4, -0.2) is 47.6 Å². The van der Waals surface area contributed by atoms with E-state index in [0.29, 0.717) is 0 Å². The molecule has 76 valence electrons. The quantitative estimate of drug-likeness (QED) is 0.561. The Balaban J connectivity index is 2.50. The lowest BCUT2D eigenvalue weighted by Gasteiger charge is -2.31. The van der Waals surface area contributed by atoms with Gasteiger partial charge in [-0.25, -0.2) is 4.42 Å². The molecule has 0 saturated carbocycles. The lowest BCUT2D eigenvalue weighted by atomic mass is 10.3. The monoisotopic (exact) mass is 216 g/mol. The van der Waals surface area contributed by atoms with Crippen molar-refractivity contribution in [1.82, 2.24) is 9.32 Å². The Bertz CT molecular complexity index is 201. The summed E-state index contributed by atoms with van der Waals surface area (Å²) in [4.78, 5) is 11.4. The number of piperazine rings is 1. The molecule has 1 saturated heterocycles. The van der Waals surface area contributed by atoms with Crippen molar-refractivity contribution in [3.8, 4) is 0 Å². The van der Waals surface area contributed by atoms with Gasteiger partial charge in [-0.3, -0.25) is 4.79 Å². The van der Waals surface area contributed by atoms with Gasteiger partial charge in [0.15, 0.2) is 0 Å². The van der Waals surface area contributed by atoms with E-state index in [9.17, 15) is 18.0 Å². The van der Waals surface area contributed by atoms with Crippen LogP contribution in [0.4, 0.5) is 13.2 Å². The molecule has 13 heavy (non-hydrogen) atoms. The first-order chi connectivity index (χ1) is 5.91. The van der Waals surface area contributed by atoms with E-state index in [0.717, 1.165) is 4.90 Å². The minimum atomic E-state index is -4.77. The number of alkyl halides is 3. The summed E-state index contributed by atoms with van der Waals surface area (Å²) < 4.78 is 37.0. The molecule has 0 spiro atoms. The number of hydrogen-bond donors (Lipinski definition) is 0. The summed E-state index contributed by atoms with van der Waals surface area (Å²) in [6.45, 7) is 0.594. The predicted molar refractivity (Wildman–Crippen MR) is 40.1 cm³/mol. The number of carbonyl (C=O) groups excluding carboxylic acids is 1. The average molecular weight is 217 g/mol. The summed E-state index contributed by atoms with van der Waals surface area (Å²) in [7, 11) is 0. The maximum absolute atomic E-state index is 11.9. The predicted octanol–water partition coefficient (Wildman–Crippen LogP) is 0.847. The maximum Gasteiger partial charge on any atom is 0.471 e. The molecule has 3 nitrogen and oxygen atoms in total. The van der Waals surface area contributed by atoms with Gasteiger partial charge in [0.05, 0.1) is 0 Å². The molecular weight excluding hydrogens is 209 g/mol. The fraction of sp³-hybridized carbons (Fsp3) is 0.833. The van der Waals surface area contributed by atoms with Gasteiger partial charge in [-0.2, -0.15) is 13.2 Å². The van der Waals surface area contributed by atoms with Crippen LogP contribution in [0.2, 0.25) is 0 Å². The van der Waals surface area contributed by atoms with Crippen molar-refractivity contribution in [2.75, 3.05) is 26.2 Å². The summed E-state index contributed by atoms with van der Waals surface area (Å²) in [5, 5.41) is 0. The van der Waals surface area contributed by atoms with Crippen molar-refractivity contribution in [2.45, 2.75) is 6.18 Å². The molecule has 0 aromatic heterocycles. The third-order valence-corrected chi connectivity index (χ3v) is 2.09. The molecule has 1 fully saturated rings. The van der Waals surface area contributed by atoms with Crippen molar-refractivity contribution in [3.63, 3.8) is 0 Å². The summed E-state index contributed by atoms with van der Waals surface area (Å²) in [6.07, 6.45) is -4.77. The Hall–Kier alpha value is -0.490. The van der Waals surface area contributed by atoms with E-state index in [1.54, 1.807) is 0 Å². The van der Waals surface area contributed by atoms with Crippen LogP contribution in [0.25, 0.3) is 0 Å². The molecule has 7 heteroatoms. The first-order valence-electron chi connectivity index (χ1n) is 3.68. The Kier molecular flexibility index (Phi) is 3.02. The summed E-state index contributed by atoms with van der Waals surface area (Å²) in [5.41, 5.74) is 0. The summed E-state index contributed by atoms with van der Waals surface area (Å²) >= 11 is 5.52. The molecule has 1 heterocycles. The highest BCUT2D eigenvalue weighted by Crippen LogP contribution is 2.19. The lowest BCUT2D eigenvalue weighted by molar-refractivity contribution is -0.186. The van der Waals surface area contributed by atoms with Crippen molar-refractivity contribution in [3.05, 3.63) is 0 Å². The molecule has 1 aliphatic heterocycles. The van der Waals surface area contributed by atoms with Gasteiger partial charge < -0.3 is 4.90 Å². The van der Waals surface area contributed by atoms with Crippen molar-refractivity contribution >= 4 is 17.7 Å². The van der Waals surface area contributed by atoms with Crippen LogP contribution in [0, 0.1) is 0 Å². The Morgan fingerprint density at radius 1 is 1.15 bits per heavy atom. The first-order valence-corrected chi connectivity index (χ1v) is 4.02. The van der Waals surface area contributed by atoms with E-state index in [-0.39, 0.29) is 26.2 Å². The fourth-order valence-corrected chi connectivity index (χ4v) is 1.22. The van der Waals surface area contributed by atoms with Gasteiger partial charge in [-0.1, -0.05) is 0 Å². The molecule has 1 amide bonds. The minimum absolute atomic E-state index is 0.0296. The Morgan fingerprint density at radius 3 is 2.00 bits per heavy atom. The molecule has 0 N–H and O–H groups in total. The van der Waals surface area contributed by atoms with Gasteiger partial charge in [0.25, 0.3) is 0 Å². The lowest BCUT2D eigenvalue weighted by Crippen LogP contribution is -2.50. The molecule has 0 aromatic rings. The molecule has 0 aromatic carbocycles. The zero-order valence-corrected chi connectivity index (χ0v) is 7.40. The van der Waals surface area contributed by atoms with Crippen LogP contribution >= 0.6 is 11.8 Å². The van der Waals surface area contributed by atoms with Crippen LogP contribution in [0.3, 0.4) is 0 Å². The molecule has 0 radical (unpaired) electrons. The van der Waals surface area contributed by atoms with Gasteiger partial charge in [0.2, 0.25) is 0 Å². The van der Waals surface area contributed by atoms with Crippen molar-refractivity contribution in [2.24, 2.45) is 0 Å². The van der Waals surface area contributed by atoms with E-state index >= 15 is 0 Å². The second-order valence-corrected chi connectivity index (χ2v) is 3.18. The second kappa shape index (κ2) is 3.71. The zero-order chi connectivity index (χ0) is 10.1. The highest BCUT2D eigenvalue weighted by molar-refractivity contribution is 6.13. The van der Waals surface area contributed by atoms with Crippen LogP contribution in [0.5, 0.6) is 0 Å². The number of amides is 1. The zero-order valence-electron chi connectivity index (χ0n) is 6.64. The van der Waals surface area contributed by atoms with E-state index in [1.165, 1.54) is 4.42 Å². The van der Waals surface area contributed by atoms with E-state index < -0.39 is 12.1 Å². The normalized spacial score (nSPS) is 20.5. The molecule has 0 aliphatic carbocycles. The summed E-state index contributed by atoms with van der Waals surface area (Å²) in [6, 6.07) is 0. The molecular formula is C6H8ClF3N2O. The largest absolute Gasteiger partial charge is 0.471 e. The number of nitrogens with zero attached hydrogens (tertiary/aromatic N) is 2. The van der Waals surface area contributed by atoms with Gasteiger partial charge in [0.1, 0.15) is 0 Å². The van der Waals surface area contributed by atoms with Crippen LogP contribution in [-0.2, 0) is 4.79 Å². The highest BCUT2D eigenvalue weighted by atomic mass is 35.5. The number of halogens is 4. The smallest absolute Gasteiger partial charge is 0.332 e. The minimum Gasteiger partial charge on any atom is -0.332 e. The van der Waals surface area contributed by atoms with Crippen LogP contribution < -0.4 is 0 Å². The average Bonchev–Trinajstić information content (AvgIpc) is 2.03. The van der Waals surface area contributed by atoms with Gasteiger partial charge in [-0.15, -0.1) is 0 Å². The van der Waals surface area contributed by atoms with E-state index in [1.807, 2.05) is 0 Å². The fourth-order valence-electron chi connectivity index (χ4n) is 1.06. The molecule has 1 rings (SSSR count). The second-order valence-electron chi connectivity index (χ2n) is 2.70. The third kappa shape index (κ3) is 2.73. The Labute approximate surface area is 78.2 Å². The number of carbonyl (C=O) groups is 1. The Morgan fingerprint density at radius 2 is 1.62 bits per heavy atom. The highest BCUT2D eigenvalue weighted by Gasteiger charge is 2.42. The van der Waals surface area contributed by atoms with Crippen molar-refractivity contribution in [1.29, 1.82) is 0 Å². The molecule has 1 aliphatic rings. The first kappa shape index (κ1) is 10.6. The SMILES string of the molecule is O=C(N1CCN(Cl)CC1)C(F)(F)F. The number of rotatable bonds is 0. The van der Waals surface area contributed by atoms with Crippen LogP contribution in [0.1, 0.15) is 0 Å². The van der Waals surface area contributed by atoms with Crippen molar-refractivity contribution < 1.29 is 18.0 Å². The van der Waals surface area contributed by atoms with Gasteiger partial charge in [0, 0.05) is 26.2 Å². The van der Waals surface area contributed by atoms with E-state index in [4.69, 9.17) is 11.8 Å². The van der Waals surface area contributed by atoms with Crippen LogP contribution in [0.15, 0.2) is 0 Å².